The van der Waals surface area contributed by atoms with Gasteiger partial charge in [-0.3, -0.25) is 4.79 Å². The van der Waals surface area contributed by atoms with Gasteiger partial charge in [0.1, 0.15) is 11.5 Å². The van der Waals surface area contributed by atoms with Crippen molar-refractivity contribution in [2.75, 3.05) is 18.9 Å². The number of hydrogen-bond acceptors (Lipinski definition) is 7. The third-order valence-electron chi connectivity index (χ3n) is 5.64. The number of nitrogens with zero attached hydrogens (tertiary/aromatic N) is 7. The number of halogens is 2. The van der Waals surface area contributed by atoms with Crippen molar-refractivity contribution < 1.29 is 13.6 Å². The number of anilines is 1. The van der Waals surface area contributed by atoms with E-state index >= 15 is 0 Å². The van der Waals surface area contributed by atoms with E-state index in [4.69, 9.17) is 0 Å². The first-order valence-corrected chi connectivity index (χ1v) is 10.2. The van der Waals surface area contributed by atoms with Crippen molar-refractivity contribution in [1.82, 2.24) is 39.4 Å². The van der Waals surface area contributed by atoms with Crippen LogP contribution in [0.3, 0.4) is 0 Å². The van der Waals surface area contributed by atoms with Crippen LogP contribution in [0.15, 0.2) is 18.6 Å². The number of amides is 1. The molecule has 1 amide bonds. The summed E-state index contributed by atoms with van der Waals surface area (Å²) >= 11 is 0. The highest BCUT2D eigenvalue weighted by molar-refractivity contribution is 5.93. The zero-order valence-electron chi connectivity index (χ0n) is 17.5. The molecule has 5 rings (SSSR count). The molecule has 2 N–H and O–H groups in total. The van der Waals surface area contributed by atoms with Gasteiger partial charge in [-0.25, -0.2) is 28.7 Å². The molecule has 32 heavy (non-hydrogen) atoms. The summed E-state index contributed by atoms with van der Waals surface area (Å²) < 4.78 is 27.4. The maximum Gasteiger partial charge on any atom is 0.256 e. The van der Waals surface area contributed by atoms with E-state index in [1.165, 1.54) is 4.57 Å². The molecular formula is C20H21F2N9O. The van der Waals surface area contributed by atoms with Crippen molar-refractivity contribution in [2.24, 2.45) is 0 Å². The Morgan fingerprint density at radius 1 is 1.25 bits per heavy atom. The number of aromatic nitrogens is 7. The Morgan fingerprint density at radius 2 is 2.09 bits per heavy atom. The van der Waals surface area contributed by atoms with E-state index < -0.39 is 13.0 Å². The molecule has 10 nitrogen and oxygen atoms in total. The van der Waals surface area contributed by atoms with Gasteiger partial charge in [0.2, 0.25) is 11.9 Å². The highest BCUT2D eigenvalue weighted by Gasteiger charge is 2.23. The minimum atomic E-state index is -2.52. The zero-order chi connectivity index (χ0) is 22.4. The van der Waals surface area contributed by atoms with Crippen molar-refractivity contribution >= 4 is 34.2 Å². The fourth-order valence-corrected chi connectivity index (χ4v) is 3.99. The summed E-state index contributed by atoms with van der Waals surface area (Å²) in [6.45, 7) is 1.76. The van der Waals surface area contributed by atoms with E-state index in [1.807, 2.05) is 0 Å². The van der Waals surface area contributed by atoms with Gasteiger partial charge < -0.3 is 19.8 Å². The number of carbonyl (C=O) groups excluding carboxylic acids is 1. The van der Waals surface area contributed by atoms with Gasteiger partial charge in [0.25, 0.3) is 6.43 Å². The van der Waals surface area contributed by atoms with Crippen LogP contribution in [0.25, 0.3) is 33.6 Å². The SMILES string of the molecule is Cc1nc2ncc(-c3c[nH]c4nc(NC5CCC(=O)N(C)C5)ncc34)nc2n1CC(F)F. The predicted octanol–water partition coefficient (Wildman–Crippen LogP) is 2.37. The van der Waals surface area contributed by atoms with Crippen LogP contribution in [-0.4, -0.2) is 71.3 Å². The second-order valence-electron chi connectivity index (χ2n) is 7.88. The number of alkyl halides is 2. The van der Waals surface area contributed by atoms with Gasteiger partial charge in [0, 0.05) is 49.4 Å². The fraction of sp³-hybridized carbons (Fsp3) is 0.400. The quantitative estimate of drug-likeness (QED) is 0.488. The molecule has 0 aromatic carbocycles. The number of imidazole rings is 1. The van der Waals surface area contributed by atoms with Gasteiger partial charge in [-0.1, -0.05) is 0 Å². The Bertz CT molecular complexity index is 1320. The third-order valence-corrected chi connectivity index (χ3v) is 5.64. The summed E-state index contributed by atoms with van der Waals surface area (Å²) in [5.41, 5.74) is 2.47. The Labute approximate surface area is 181 Å². The molecule has 1 aliphatic rings. The predicted molar refractivity (Wildman–Crippen MR) is 113 cm³/mol. The smallest absolute Gasteiger partial charge is 0.256 e. The van der Waals surface area contributed by atoms with E-state index in [-0.39, 0.29) is 11.9 Å². The Balaban J connectivity index is 1.45. The van der Waals surface area contributed by atoms with E-state index in [0.29, 0.717) is 52.9 Å². The molecule has 166 valence electrons. The number of rotatable bonds is 5. The minimum Gasteiger partial charge on any atom is -0.350 e. The van der Waals surface area contributed by atoms with E-state index in [0.717, 1.165) is 11.8 Å². The number of H-pyrrole nitrogens is 1. The number of carbonyl (C=O) groups is 1. The molecular weight excluding hydrogens is 420 g/mol. The van der Waals surface area contributed by atoms with E-state index in [9.17, 15) is 13.6 Å². The second kappa shape index (κ2) is 7.77. The summed E-state index contributed by atoms with van der Waals surface area (Å²) in [4.78, 5) is 38.5. The Morgan fingerprint density at radius 3 is 2.88 bits per heavy atom. The largest absolute Gasteiger partial charge is 0.350 e. The molecule has 0 aliphatic carbocycles. The molecule has 4 aromatic rings. The number of fused-ring (bicyclic) bond motifs is 2. The first-order valence-electron chi connectivity index (χ1n) is 10.2. The van der Waals surface area contributed by atoms with Crippen LogP contribution < -0.4 is 5.32 Å². The number of aryl methyl sites for hydroxylation is 1. The lowest BCUT2D eigenvalue weighted by Crippen LogP contribution is -2.43. The Kier molecular flexibility index (Phi) is 4.91. The summed E-state index contributed by atoms with van der Waals surface area (Å²) in [6.07, 6.45) is 3.68. The summed E-state index contributed by atoms with van der Waals surface area (Å²) in [5.74, 6) is 1.04. The molecule has 1 fully saturated rings. The first-order chi connectivity index (χ1) is 15.4. The highest BCUT2D eigenvalue weighted by Crippen LogP contribution is 2.28. The number of hydrogen-bond donors (Lipinski definition) is 2. The van der Waals surface area contributed by atoms with Crippen molar-refractivity contribution in [3.8, 4) is 11.3 Å². The van der Waals surface area contributed by atoms with Crippen LogP contribution in [0, 0.1) is 6.92 Å². The lowest BCUT2D eigenvalue weighted by atomic mass is 10.1. The molecule has 0 saturated carbocycles. The number of likely N-dealkylation sites (tertiary alicyclic amines) is 1. The van der Waals surface area contributed by atoms with Gasteiger partial charge in [-0.2, -0.15) is 4.98 Å². The molecule has 0 spiro atoms. The van der Waals surface area contributed by atoms with Crippen LogP contribution >= 0.6 is 0 Å². The molecule has 1 unspecified atom stereocenters. The summed E-state index contributed by atoms with van der Waals surface area (Å²) in [7, 11) is 1.78. The van der Waals surface area contributed by atoms with Crippen LogP contribution in [0.1, 0.15) is 18.7 Å². The normalized spacial score (nSPS) is 17.1. The van der Waals surface area contributed by atoms with E-state index in [2.05, 4.69) is 35.2 Å². The number of nitrogens with one attached hydrogen (secondary N) is 2. The molecule has 0 radical (unpaired) electrons. The maximum absolute atomic E-state index is 13.0. The van der Waals surface area contributed by atoms with E-state index in [1.54, 1.807) is 37.5 Å². The maximum atomic E-state index is 13.0. The molecule has 5 heterocycles. The molecule has 4 aromatic heterocycles. The average molecular weight is 441 g/mol. The number of piperidine rings is 1. The average Bonchev–Trinajstić information content (AvgIpc) is 3.31. The zero-order valence-corrected chi connectivity index (χ0v) is 17.5. The van der Waals surface area contributed by atoms with Crippen molar-refractivity contribution in [1.29, 1.82) is 0 Å². The molecule has 1 saturated heterocycles. The lowest BCUT2D eigenvalue weighted by molar-refractivity contribution is -0.132. The lowest BCUT2D eigenvalue weighted by Gasteiger charge is -2.30. The monoisotopic (exact) mass is 441 g/mol. The first kappa shape index (κ1) is 20.2. The summed E-state index contributed by atoms with van der Waals surface area (Å²) in [5, 5.41) is 4.01. The van der Waals surface area contributed by atoms with Crippen molar-refractivity contribution in [2.45, 2.75) is 38.8 Å². The third kappa shape index (κ3) is 3.61. The van der Waals surface area contributed by atoms with Gasteiger partial charge in [0.05, 0.1) is 18.4 Å². The summed E-state index contributed by atoms with van der Waals surface area (Å²) in [6, 6.07) is 0.0798. The van der Waals surface area contributed by atoms with Crippen molar-refractivity contribution in [3.63, 3.8) is 0 Å². The highest BCUT2D eigenvalue weighted by atomic mass is 19.3. The number of likely N-dealkylation sites (N-methyl/N-ethyl adjacent to an activating group) is 1. The topological polar surface area (TPSA) is 118 Å². The molecule has 1 aliphatic heterocycles. The van der Waals surface area contributed by atoms with Gasteiger partial charge in [-0.15, -0.1) is 0 Å². The van der Waals surface area contributed by atoms with Crippen LogP contribution in [0.2, 0.25) is 0 Å². The fourth-order valence-electron chi connectivity index (χ4n) is 3.99. The van der Waals surface area contributed by atoms with Crippen molar-refractivity contribution in [3.05, 3.63) is 24.4 Å². The van der Waals surface area contributed by atoms with Crippen LogP contribution in [0.4, 0.5) is 14.7 Å². The standard InChI is InChI=1S/C20H21F2N9O/c1-10-26-18-19(31(10)9-15(21)22)28-14(7-24-18)12-5-23-17-13(12)6-25-20(29-17)27-11-3-4-16(32)30(2)8-11/h5-7,11,15H,3-4,8-9H2,1-2H3,(H2,23,25,27,29). The molecule has 12 heteroatoms. The van der Waals surface area contributed by atoms with Gasteiger partial charge >= 0.3 is 0 Å². The number of aromatic amines is 1. The van der Waals surface area contributed by atoms with Gasteiger partial charge in [-0.05, 0) is 13.3 Å². The van der Waals surface area contributed by atoms with Crippen LogP contribution in [-0.2, 0) is 11.3 Å². The van der Waals surface area contributed by atoms with Crippen LogP contribution in [0.5, 0.6) is 0 Å². The molecule has 0 bridgehead atoms. The minimum absolute atomic E-state index is 0.0798. The van der Waals surface area contributed by atoms with Gasteiger partial charge in [0.15, 0.2) is 11.3 Å². The Hall–Kier alpha value is -3.70. The molecule has 1 atom stereocenters. The second-order valence-corrected chi connectivity index (χ2v) is 7.88.